The molecule has 0 unspecified atom stereocenters. The van der Waals surface area contributed by atoms with Gasteiger partial charge in [0.1, 0.15) is 0 Å². The zero-order chi connectivity index (χ0) is 8.69. The maximum absolute atomic E-state index is 5.32. The summed E-state index contributed by atoms with van der Waals surface area (Å²) >= 11 is 0. The minimum absolute atomic E-state index is 0.587. The van der Waals surface area contributed by atoms with Crippen LogP contribution in [0.1, 0.15) is 27.2 Å². The van der Waals surface area contributed by atoms with E-state index < -0.39 is 0 Å². The number of rotatable bonds is 3. The lowest BCUT2D eigenvalue weighted by atomic mass is 10.2. The summed E-state index contributed by atoms with van der Waals surface area (Å²) in [6, 6.07) is 0. The van der Waals surface area contributed by atoms with Crippen molar-refractivity contribution in [1.82, 2.24) is 0 Å². The van der Waals surface area contributed by atoms with E-state index in [1.807, 2.05) is 12.2 Å². The van der Waals surface area contributed by atoms with Gasteiger partial charge in [0.15, 0.2) is 0 Å². The molecule has 0 amide bonds. The Morgan fingerprint density at radius 2 is 2.09 bits per heavy atom. The van der Waals surface area contributed by atoms with E-state index in [-0.39, 0.29) is 0 Å². The first-order chi connectivity index (χ1) is 5.16. The van der Waals surface area contributed by atoms with Crippen molar-refractivity contribution in [3.05, 3.63) is 23.9 Å². The molecule has 0 saturated carbocycles. The van der Waals surface area contributed by atoms with Crippen molar-refractivity contribution in [2.45, 2.75) is 27.2 Å². The Labute approximate surface area is 68.5 Å². The second-order valence-corrected chi connectivity index (χ2v) is 2.48. The van der Waals surface area contributed by atoms with Crippen molar-refractivity contribution >= 4 is 5.84 Å². The largest absolute Gasteiger partial charge is 0.387 e. The van der Waals surface area contributed by atoms with Crippen LogP contribution in [0.2, 0.25) is 0 Å². The Morgan fingerprint density at radius 3 is 2.55 bits per heavy atom. The molecule has 0 aliphatic rings. The molecule has 0 aromatic heterocycles. The van der Waals surface area contributed by atoms with E-state index in [0.29, 0.717) is 5.84 Å². The smallest absolute Gasteiger partial charge is 0.0957 e. The maximum Gasteiger partial charge on any atom is 0.0957 e. The van der Waals surface area contributed by atoms with E-state index >= 15 is 0 Å². The molecule has 0 aliphatic carbocycles. The molecule has 0 radical (unpaired) electrons. The monoisotopic (exact) mass is 152 g/mol. The normalized spacial score (nSPS) is 14.5. The highest BCUT2D eigenvalue weighted by atomic mass is 14.8. The SMILES string of the molecule is CC/C(C)=C/C=C\N=C(C)N. The Kier molecular flexibility index (Phi) is 5.17. The van der Waals surface area contributed by atoms with Gasteiger partial charge in [-0.2, -0.15) is 0 Å². The molecule has 0 rings (SSSR count). The van der Waals surface area contributed by atoms with Crippen molar-refractivity contribution in [3.63, 3.8) is 0 Å². The van der Waals surface area contributed by atoms with Crippen LogP contribution < -0.4 is 5.73 Å². The topological polar surface area (TPSA) is 38.4 Å². The molecule has 0 saturated heterocycles. The molecular weight excluding hydrogens is 136 g/mol. The van der Waals surface area contributed by atoms with Gasteiger partial charge in [0.2, 0.25) is 0 Å². The van der Waals surface area contributed by atoms with Crippen molar-refractivity contribution in [1.29, 1.82) is 0 Å². The van der Waals surface area contributed by atoms with Crippen molar-refractivity contribution in [3.8, 4) is 0 Å². The minimum Gasteiger partial charge on any atom is -0.387 e. The van der Waals surface area contributed by atoms with Crippen LogP contribution >= 0.6 is 0 Å². The molecule has 2 nitrogen and oxygen atoms in total. The molecule has 2 N–H and O–H groups in total. The number of hydrogen-bond acceptors (Lipinski definition) is 1. The molecule has 0 fully saturated rings. The minimum atomic E-state index is 0.587. The van der Waals surface area contributed by atoms with Gasteiger partial charge in [-0.15, -0.1) is 0 Å². The predicted molar refractivity (Wildman–Crippen MR) is 50.5 cm³/mol. The Bertz CT molecular complexity index is 184. The number of nitrogens with zero attached hydrogens (tertiary/aromatic N) is 1. The van der Waals surface area contributed by atoms with E-state index in [2.05, 4.69) is 18.8 Å². The number of amidine groups is 1. The molecule has 2 heteroatoms. The third kappa shape index (κ3) is 6.84. The predicted octanol–water partition coefficient (Wildman–Crippen LogP) is 2.23. The standard InChI is InChI=1S/C9H16N2/c1-4-8(2)6-5-7-11-9(3)10/h5-7H,4H2,1-3H3,(H2,10,11)/b7-5-,8-6+. The second kappa shape index (κ2) is 5.71. The fraction of sp³-hybridized carbons (Fsp3) is 0.444. The fourth-order valence-electron chi connectivity index (χ4n) is 0.486. The summed E-state index contributed by atoms with van der Waals surface area (Å²) in [4.78, 5) is 3.90. The summed E-state index contributed by atoms with van der Waals surface area (Å²) < 4.78 is 0. The summed E-state index contributed by atoms with van der Waals surface area (Å²) in [6.45, 7) is 5.97. The van der Waals surface area contributed by atoms with Gasteiger partial charge in [0.05, 0.1) is 5.84 Å². The fourth-order valence-corrected chi connectivity index (χ4v) is 0.486. The number of hydrogen-bond donors (Lipinski definition) is 1. The molecule has 62 valence electrons. The number of aliphatic imine (C=N–C) groups is 1. The van der Waals surface area contributed by atoms with Crippen molar-refractivity contribution in [2.24, 2.45) is 10.7 Å². The summed E-state index contributed by atoms with van der Waals surface area (Å²) in [5, 5.41) is 0. The van der Waals surface area contributed by atoms with Gasteiger partial charge < -0.3 is 5.73 Å². The van der Waals surface area contributed by atoms with E-state index in [0.717, 1.165) is 6.42 Å². The van der Waals surface area contributed by atoms with Crippen LogP contribution in [0, 0.1) is 0 Å². The summed E-state index contributed by atoms with van der Waals surface area (Å²) in [5.41, 5.74) is 6.66. The van der Waals surface area contributed by atoms with E-state index in [4.69, 9.17) is 5.73 Å². The van der Waals surface area contributed by atoms with E-state index in [1.54, 1.807) is 13.1 Å². The average molecular weight is 152 g/mol. The van der Waals surface area contributed by atoms with Crippen LogP contribution in [0.15, 0.2) is 28.9 Å². The first kappa shape index (κ1) is 9.95. The maximum atomic E-state index is 5.32. The van der Waals surface area contributed by atoms with Crippen LogP contribution in [0.3, 0.4) is 0 Å². The van der Waals surface area contributed by atoms with Gasteiger partial charge in [0.25, 0.3) is 0 Å². The van der Waals surface area contributed by atoms with Crippen LogP contribution in [-0.4, -0.2) is 5.84 Å². The Hall–Kier alpha value is -1.05. The van der Waals surface area contributed by atoms with E-state index in [1.165, 1.54) is 5.57 Å². The first-order valence-corrected chi connectivity index (χ1v) is 3.79. The van der Waals surface area contributed by atoms with Gasteiger partial charge in [0, 0.05) is 6.20 Å². The highest BCUT2D eigenvalue weighted by Crippen LogP contribution is 1.97. The van der Waals surface area contributed by atoms with Gasteiger partial charge in [-0.25, -0.2) is 4.99 Å². The van der Waals surface area contributed by atoms with E-state index in [9.17, 15) is 0 Å². The zero-order valence-corrected chi connectivity index (χ0v) is 7.46. The van der Waals surface area contributed by atoms with Crippen LogP contribution in [0.25, 0.3) is 0 Å². The Morgan fingerprint density at radius 1 is 1.45 bits per heavy atom. The van der Waals surface area contributed by atoms with Crippen molar-refractivity contribution < 1.29 is 0 Å². The van der Waals surface area contributed by atoms with Crippen LogP contribution in [0.4, 0.5) is 0 Å². The lowest BCUT2D eigenvalue weighted by Gasteiger charge is -1.88. The van der Waals surface area contributed by atoms with Crippen molar-refractivity contribution in [2.75, 3.05) is 0 Å². The zero-order valence-electron chi connectivity index (χ0n) is 7.46. The molecule has 0 atom stereocenters. The van der Waals surface area contributed by atoms with Gasteiger partial charge in [-0.05, 0) is 26.3 Å². The number of nitrogens with two attached hydrogens (primary N) is 1. The molecule has 0 heterocycles. The lowest BCUT2D eigenvalue weighted by molar-refractivity contribution is 1.10. The van der Waals surface area contributed by atoms with Gasteiger partial charge in [-0.1, -0.05) is 18.6 Å². The average Bonchev–Trinajstić information content (AvgIpc) is 1.97. The molecule has 0 spiro atoms. The summed E-state index contributed by atoms with van der Waals surface area (Å²) in [6.07, 6.45) is 6.71. The van der Waals surface area contributed by atoms with Gasteiger partial charge in [-0.3, -0.25) is 0 Å². The van der Waals surface area contributed by atoms with Crippen LogP contribution in [0.5, 0.6) is 0 Å². The molecule has 11 heavy (non-hydrogen) atoms. The molecule has 0 bridgehead atoms. The van der Waals surface area contributed by atoms with Crippen LogP contribution in [-0.2, 0) is 0 Å². The highest BCUT2D eigenvalue weighted by molar-refractivity contribution is 5.77. The molecular formula is C9H16N2. The first-order valence-electron chi connectivity index (χ1n) is 3.79. The third-order valence-electron chi connectivity index (χ3n) is 1.30. The summed E-state index contributed by atoms with van der Waals surface area (Å²) in [7, 11) is 0. The Balaban J connectivity index is 3.87. The quantitative estimate of drug-likeness (QED) is 0.376. The summed E-state index contributed by atoms with van der Waals surface area (Å²) in [5.74, 6) is 0.587. The molecule has 0 aromatic carbocycles. The van der Waals surface area contributed by atoms with Gasteiger partial charge >= 0.3 is 0 Å². The highest BCUT2D eigenvalue weighted by Gasteiger charge is 1.77. The number of allylic oxidation sites excluding steroid dienone is 3. The lowest BCUT2D eigenvalue weighted by Crippen LogP contribution is -2.03. The molecule has 0 aliphatic heterocycles. The molecule has 0 aromatic rings. The third-order valence-corrected chi connectivity index (χ3v) is 1.30. The second-order valence-electron chi connectivity index (χ2n) is 2.48.